The van der Waals surface area contributed by atoms with Gasteiger partial charge in [0, 0.05) is 24.7 Å². The van der Waals surface area contributed by atoms with Gasteiger partial charge in [-0.3, -0.25) is 39.7 Å². The maximum atomic E-state index is 13.6. The molecule has 0 aromatic heterocycles. The first kappa shape index (κ1) is 30.8. The Morgan fingerprint density at radius 3 is 2.33 bits per heavy atom. The molecular weight excluding hydrogens is 580 g/mol. The zero-order valence-corrected chi connectivity index (χ0v) is 24.2. The van der Waals surface area contributed by atoms with E-state index in [1.165, 1.54) is 36.0 Å². The van der Waals surface area contributed by atoms with E-state index in [-0.39, 0.29) is 43.4 Å². The van der Waals surface area contributed by atoms with Crippen LogP contribution in [0.2, 0.25) is 5.02 Å². The molecule has 0 unspecified atom stereocenters. The van der Waals surface area contributed by atoms with Gasteiger partial charge < -0.3 is 19.1 Å². The highest BCUT2D eigenvalue weighted by molar-refractivity contribution is 6.34. The number of ether oxygens (including phenoxy) is 3. The highest BCUT2D eigenvalue weighted by atomic mass is 35.5. The predicted octanol–water partition coefficient (Wildman–Crippen LogP) is 2.74. The van der Waals surface area contributed by atoms with Gasteiger partial charge in [0.05, 0.1) is 17.7 Å². The van der Waals surface area contributed by atoms with Gasteiger partial charge >= 0.3 is 5.97 Å². The Morgan fingerprint density at radius 2 is 1.63 bits per heavy atom. The molecule has 1 aliphatic heterocycles. The number of methoxy groups -OCH3 is 1. The number of esters is 1. The SMILES string of the molecule is COc1ccc(C(=O)NNC(=O)CN2Cc3ccccc3N(C(=O)c3ccc(OCCOC(C)=O)cc3Cl)CC2=O)cc1. The van der Waals surface area contributed by atoms with Gasteiger partial charge in [-0.05, 0) is 54.1 Å². The first-order valence-corrected chi connectivity index (χ1v) is 13.5. The number of nitrogens with one attached hydrogen (secondary N) is 2. The number of halogens is 1. The number of hydrazine groups is 1. The molecule has 0 radical (unpaired) electrons. The summed E-state index contributed by atoms with van der Waals surface area (Å²) in [6.45, 7) is 0.801. The van der Waals surface area contributed by atoms with Crippen LogP contribution in [0.4, 0.5) is 5.69 Å². The van der Waals surface area contributed by atoms with Crippen LogP contribution in [0.25, 0.3) is 0 Å². The summed E-state index contributed by atoms with van der Waals surface area (Å²) in [7, 11) is 1.51. The molecule has 4 amide bonds. The summed E-state index contributed by atoms with van der Waals surface area (Å²) in [6, 6.07) is 17.8. The van der Waals surface area contributed by atoms with Crippen LogP contribution in [0.3, 0.4) is 0 Å². The molecular formula is C30H29ClN4O8. The molecule has 0 atom stereocenters. The molecule has 2 N–H and O–H groups in total. The van der Waals surface area contributed by atoms with Crippen molar-refractivity contribution in [1.29, 1.82) is 0 Å². The Labute approximate surface area is 252 Å². The van der Waals surface area contributed by atoms with Gasteiger partial charge in [-0.15, -0.1) is 0 Å². The molecule has 0 saturated heterocycles. The van der Waals surface area contributed by atoms with Crippen molar-refractivity contribution in [2.45, 2.75) is 13.5 Å². The van der Waals surface area contributed by atoms with Crippen LogP contribution < -0.4 is 25.2 Å². The number of benzene rings is 3. The van der Waals surface area contributed by atoms with E-state index in [2.05, 4.69) is 10.9 Å². The number of fused-ring (bicyclic) bond motifs is 1. The summed E-state index contributed by atoms with van der Waals surface area (Å²) in [4.78, 5) is 65.5. The van der Waals surface area contributed by atoms with Gasteiger partial charge in [0.15, 0.2) is 0 Å². The maximum Gasteiger partial charge on any atom is 0.302 e. The number of para-hydroxylation sites is 1. The van der Waals surface area contributed by atoms with Gasteiger partial charge in [0.1, 0.15) is 37.8 Å². The molecule has 0 bridgehead atoms. The lowest BCUT2D eigenvalue weighted by Crippen LogP contribution is -2.48. The van der Waals surface area contributed by atoms with Crippen molar-refractivity contribution >= 4 is 46.9 Å². The van der Waals surface area contributed by atoms with Crippen LogP contribution >= 0.6 is 11.6 Å². The molecule has 13 heteroatoms. The molecule has 3 aromatic carbocycles. The molecule has 1 aliphatic rings. The molecule has 43 heavy (non-hydrogen) atoms. The number of nitrogens with zero attached hydrogens (tertiary/aromatic N) is 2. The minimum Gasteiger partial charge on any atom is -0.497 e. The Morgan fingerprint density at radius 1 is 0.907 bits per heavy atom. The summed E-state index contributed by atoms with van der Waals surface area (Å²) in [5.74, 6) is -1.65. The third kappa shape index (κ3) is 8.01. The van der Waals surface area contributed by atoms with Crippen LogP contribution in [-0.2, 0) is 25.7 Å². The second kappa shape index (κ2) is 14.2. The zero-order valence-electron chi connectivity index (χ0n) is 23.4. The molecule has 0 aliphatic carbocycles. The topological polar surface area (TPSA) is 144 Å². The van der Waals surface area contributed by atoms with Crippen LogP contribution in [0, 0.1) is 0 Å². The zero-order chi connectivity index (χ0) is 30.9. The normalized spacial score (nSPS) is 12.5. The average molecular weight is 609 g/mol. The van der Waals surface area contributed by atoms with Crippen LogP contribution in [0.5, 0.6) is 11.5 Å². The molecule has 4 rings (SSSR count). The molecule has 0 saturated carbocycles. The minimum absolute atomic E-state index is 0.0570. The van der Waals surface area contributed by atoms with Crippen molar-refractivity contribution < 1.29 is 38.2 Å². The minimum atomic E-state index is -0.625. The van der Waals surface area contributed by atoms with E-state index in [0.717, 1.165) is 0 Å². The van der Waals surface area contributed by atoms with E-state index in [9.17, 15) is 24.0 Å². The molecule has 224 valence electrons. The average Bonchev–Trinajstić information content (AvgIpc) is 3.13. The fourth-order valence-corrected chi connectivity index (χ4v) is 4.50. The predicted molar refractivity (Wildman–Crippen MR) is 156 cm³/mol. The Bertz CT molecular complexity index is 1530. The Kier molecular flexibility index (Phi) is 10.2. The smallest absolute Gasteiger partial charge is 0.302 e. The van der Waals surface area contributed by atoms with Gasteiger partial charge in [-0.1, -0.05) is 29.8 Å². The summed E-state index contributed by atoms with van der Waals surface area (Å²) in [5, 5.41) is 0.105. The fourth-order valence-electron chi connectivity index (χ4n) is 4.25. The highest BCUT2D eigenvalue weighted by Crippen LogP contribution is 2.30. The first-order chi connectivity index (χ1) is 20.7. The summed E-state index contributed by atoms with van der Waals surface area (Å²) in [5.41, 5.74) is 6.22. The lowest BCUT2D eigenvalue weighted by Gasteiger charge is -2.23. The summed E-state index contributed by atoms with van der Waals surface area (Å²) in [6.07, 6.45) is 0. The third-order valence-corrected chi connectivity index (χ3v) is 6.68. The quantitative estimate of drug-likeness (QED) is 0.214. The van der Waals surface area contributed by atoms with Gasteiger partial charge in [-0.25, -0.2) is 0 Å². The van der Waals surface area contributed by atoms with E-state index in [1.54, 1.807) is 54.6 Å². The van der Waals surface area contributed by atoms with Crippen molar-refractivity contribution in [2.24, 2.45) is 0 Å². The number of rotatable bonds is 9. The fraction of sp³-hybridized carbons (Fsp3) is 0.233. The van der Waals surface area contributed by atoms with E-state index in [1.807, 2.05) is 0 Å². The summed E-state index contributed by atoms with van der Waals surface area (Å²) >= 11 is 6.43. The number of carbonyl (C=O) groups excluding carboxylic acids is 5. The van der Waals surface area contributed by atoms with Crippen LogP contribution in [0.1, 0.15) is 33.2 Å². The van der Waals surface area contributed by atoms with Gasteiger partial charge in [0.25, 0.3) is 17.7 Å². The van der Waals surface area contributed by atoms with Crippen molar-refractivity contribution in [3.8, 4) is 11.5 Å². The Balaban J connectivity index is 1.42. The Hall–Kier alpha value is -5.10. The molecule has 12 nitrogen and oxygen atoms in total. The van der Waals surface area contributed by atoms with Crippen molar-refractivity contribution in [3.05, 3.63) is 88.4 Å². The number of carbonyl (C=O) groups is 5. The van der Waals surface area contributed by atoms with Crippen molar-refractivity contribution in [1.82, 2.24) is 15.8 Å². The standard InChI is InChI=1S/C30H29ClN4O8/c1-19(36)42-13-14-43-23-11-12-24(25(31)15-23)30(40)35-18-28(38)34(16-21-5-3-4-6-26(21)35)17-27(37)32-33-29(39)20-7-9-22(41-2)10-8-20/h3-12,15H,13-14,16-18H2,1-2H3,(H,32,37)(H,33,39). The van der Waals surface area contributed by atoms with E-state index >= 15 is 0 Å². The second-order valence-electron chi connectivity index (χ2n) is 9.33. The summed E-state index contributed by atoms with van der Waals surface area (Å²) < 4.78 is 15.4. The lowest BCUT2D eigenvalue weighted by atomic mass is 10.1. The third-order valence-electron chi connectivity index (χ3n) is 6.37. The van der Waals surface area contributed by atoms with E-state index in [4.69, 9.17) is 25.8 Å². The lowest BCUT2D eigenvalue weighted by molar-refractivity contribution is -0.141. The van der Waals surface area contributed by atoms with Crippen LogP contribution in [-0.4, -0.2) is 67.9 Å². The van der Waals surface area contributed by atoms with E-state index < -0.39 is 29.6 Å². The molecule has 0 spiro atoms. The van der Waals surface area contributed by atoms with Gasteiger partial charge in [-0.2, -0.15) is 0 Å². The molecule has 1 heterocycles. The second-order valence-corrected chi connectivity index (χ2v) is 9.74. The monoisotopic (exact) mass is 608 g/mol. The van der Waals surface area contributed by atoms with Crippen molar-refractivity contribution in [3.63, 3.8) is 0 Å². The first-order valence-electron chi connectivity index (χ1n) is 13.1. The van der Waals surface area contributed by atoms with E-state index in [0.29, 0.717) is 28.3 Å². The molecule has 0 fully saturated rings. The number of anilines is 1. The van der Waals surface area contributed by atoms with Gasteiger partial charge in [0.2, 0.25) is 5.91 Å². The number of amides is 4. The van der Waals surface area contributed by atoms with Crippen molar-refractivity contribution in [2.75, 3.05) is 38.3 Å². The largest absolute Gasteiger partial charge is 0.497 e. The maximum absolute atomic E-state index is 13.6. The highest BCUT2D eigenvalue weighted by Gasteiger charge is 2.31. The number of hydrogen-bond donors (Lipinski definition) is 2. The number of hydrogen-bond acceptors (Lipinski definition) is 8. The van der Waals surface area contributed by atoms with Crippen LogP contribution in [0.15, 0.2) is 66.7 Å². The molecule has 3 aromatic rings.